The molecule has 2 rings (SSSR count). The number of morpholine rings is 1. The predicted molar refractivity (Wildman–Crippen MR) is 107 cm³/mol. The average molecular weight is 381 g/mol. The van der Waals surface area contributed by atoms with Gasteiger partial charge in [-0.2, -0.15) is 5.10 Å². The molecule has 1 aromatic carbocycles. The maximum absolute atomic E-state index is 5.70. The Bertz CT molecular complexity index is 592. The van der Waals surface area contributed by atoms with Crippen molar-refractivity contribution in [1.82, 2.24) is 15.6 Å². The van der Waals surface area contributed by atoms with Crippen molar-refractivity contribution in [1.29, 1.82) is 0 Å². The molecule has 1 aromatic rings. The summed E-state index contributed by atoms with van der Waals surface area (Å²) in [7, 11) is 1.63. The molecule has 1 aliphatic rings. The molecule has 2 N–H and O–H groups in total. The molecule has 0 aromatic heterocycles. The van der Waals surface area contributed by atoms with Gasteiger partial charge in [-0.25, -0.2) is 0 Å². The Kier molecular flexibility index (Phi) is 9.16. The average Bonchev–Trinajstić information content (AvgIpc) is 2.67. The number of methoxy groups -OCH3 is 1. The summed E-state index contributed by atoms with van der Waals surface area (Å²) >= 11 is 5.24. The van der Waals surface area contributed by atoms with Gasteiger partial charge in [-0.3, -0.25) is 10.3 Å². The quantitative estimate of drug-likeness (QED) is 0.383. The van der Waals surface area contributed by atoms with Crippen LogP contribution in [0.5, 0.6) is 11.5 Å². The third kappa shape index (κ3) is 7.15. The van der Waals surface area contributed by atoms with E-state index in [4.69, 9.17) is 26.4 Å². The topological polar surface area (TPSA) is 67.4 Å². The van der Waals surface area contributed by atoms with Crippen LogP contribution in [0.4, 0.5) is 0 Å². The van der Waals surface area contributed by atoms with Crippen LogP contribution in [0, 0.1) is 0 Å². The largest absolute Gasteiger partial charge is 0.493 e. The highest BCUT2D eigenvalue weighted by Crippen LogP contribution is 2.27. The number of ether oxygens (including phenoxy) is 3. The van der Waals surface area contributed by atoms with Crippen molar-refractivity contribution in [2.75, 3.05) is 53.1 Å². The SMILES string of the molecule is CCCOc1cc(/C=N\NC(=S)NCCN2CCOCC2)ccc1OC. The lowest BCUT2D eigenvalue weighted by atomic mass is 10.2. The molecule has 0 saturated carbocycles. The number of benzene rings is 1. The third-order valence-corrected chi connectivity index (χ3v) is 4.08. The smallest absolute Gasteiger partial charge is 0.187 e. The summed E-state index contributed by atoms with van der Waals surface area (Å²) in [4.78, 5) is 2.34. The summed E-state index contributed by atoms with van der Waals surface area (Å²) in [5.74, 6) is 1.42. The Morgan fingerprint density at radius 1 is 1.35 bits per heavy atom. The number of hydrogen-bond acceptors (Lipinski definition) is 6. The lowest BCUT2D eigenvalue weighted by Gasteiger charge is -2.26. The normalized spacial score (nSPS) is 15.0. The molecule has 0 bridgehead atoms. The molecule has 1 fully saturated rings. The van der Waals surface area contributed by atoms with Crippen LogP contribution >= 0.6 is 12.2 Å². The van der Waals surface area contributed by atoms with Gasteiger partial charge in [0.15, 0.2) is 16.6 Å². The van der Waals surface area contributed by atoms with E-state index in [0.29, 0.717) is 23.2 Å². The van der Waals surface area contributed by atoms with Crippen molar-refractivity contribution < 1.29 is 14.2 Å². The molecule has 144 valence electrons. The molecule has 8 heteroatoms. The Hall–Kier alpha value is -1.90. The van der Waals surface area contributed by atoms with Gasteiger partial charge >= 0.3 is 0 Å². The second-order valence-electron chi connectivity index (χ2n) is 5.84. The molecule has 0 unspecified atom stereocenters. The molecule has 0 radical (unpaired) electrons. The van der Waals surface area contributed by atoms with Crippen LogP contribution in [-0.4, -0.2) is 69.3 Å². The minimum absolute atomic E-state index is 0.505. The summed E-state index contributed by atoms with van der Waals surface area (Å²) in [6.07, 6.45) is 2.64. The van der Waals surface area contributed by atoms with Crippen LogP contribution in [0.25, 0.3) is 0 Å². The van der Waals surface area contributed by atoms with Crippen molar-refractivity contribution in [3.05, 3.63) is 23.8 Å². The van der Waals surface area contributed by atoms with E-state index in [1.165, 1.54) is 0 Å². The van der Waals surface area contributed by atoms with Gasteiger partial charge in [-0.1, -0.05) is 6.92 Å². The van der Waals surface area contributed by atoms with E-state index in [1.54, 1.807) is 13.3 Å². The molecular formula is C18H28N4O3S. The highest BCUT2D eigenvalue weighted by Gasteiger charge is 2.09. The predicted octanol–water partition coefficient (Wildman–Crippen LogP) is 1.61. The van der Waals surface area contributed by atoms with Crippen LogP contribution in [0.3, 0.4) is 0 Å². The number of rotatable bonds is 9. The fraction of sp³-hybridized carbons (Fsp3) is 0.556. The Balaban J connectivity index is 1.75. The third-order valence-electron chi connectivity index (χ3n) is 3.85. The van der Waals surface area contributed by atoms with E-state index in [2.05, 4.69) is 27.7 Å². The summed E-state index contributed by atoms with van der Waals surface area (Å²) in [5, 5.41) is 7.83. The van der Waals surface area contributed by atoms with Crippen molar-refractivity contribution in [2.24, 2.45) is 5.10 Å². The van der Waals surface area contributed by atoms with Crippen LogP contribution in [0.2, 0.25) is 0 Å². The fourth-order valence-corrected chi connectivity index (χ4v) is 2.61. The van der Waals surface area contributed by atoms with Gasteiger partial charge < -0.3 is 19.5 Å². The Morgan fingerprint density at radius 2 is 2.15 bits per heavy atom. The standard InChI is InChI=1S/C18H28N4O3S/c1-3-10-25-17-13-15(4-5-16(17)23-2)14-20-21-18(26)19-6-7-22-8-11-24-12-9-22/h4-5,13-14H,3,6-12H2,1-2H3,(H2,19,21,26)/b20-14-. The minimum Gasteiger partial charge on any atom is -0.493 e. The molecular weight excluding hydrogens is 352 g/mol. The molecule has 0 atom stereocenters. The zero-order chi connectivity index (χ0) is 18.6. The van der Waals surface area contributed by atoms with Crippen molar-refractivity contribution >= 4 is 23.5 Å². The number of nitrogens with one attached hydrogen (secondary N) is 2. The van der Waals surface area contributed by atoms with Gasteiger partial charge in [0.2, 0.25) is 0 Å². The first-order valence-electron chi connectivity index (χ1n) is 8.90. The lowest BCUT2D eigenvalue weighted by Crippen LogP contribution is -2.42. The second kappa shape index (κ2) is 11.7. The van der Waals surface area contributed by atoms with E-state index in [9.17, 15) is 0 Å². The molecule has 26 heavy (non-hydrogen) atoms. The fourth-order valence-electron chi connectivity index (χ4n) is 2.46. The van der Waals surface area contributed by atoms with E-state index < -0.39 is 0 Å². The summed E-state index contributed by atoms with van der Waals surface area (Å²) in [6.45, 7) is 7.98. The Morgan fingerprint density at radius 3 is 2.88 bits per heavy atom. The van der Waals surface area contributed by atoms with Crippen LogP contribution < -0.4 is 20.2 Å². The van der Waals surface area contributed by atoms with Crippen molar-refractivity contribution in [3.8, 4) is 11.5 Å². The van der Waals surface area contributed by atoms with Gasteiger partial charge in [-0.05, 0) is 42.4 Å². The first kappa shape index (κ1) is 20.4. The highest BCUT2D eigenvalue weighted by atomic mass is 32.1. The van der Waals surface area contributed by atoms with E-state index in [0.717, 1.165) is 51.4 Å². The van der Waals surface area contributed by atoms with Gasteiger partial charge in [0.1, 0.15) is 0 Å². The number of hydrazone groups is 1. The monoisotopic (exact) mass is 380 g/mol. The zero-order valence-corrected chi connectivity index (χ0v) is 16.3. The highest BCUT2D eigenvalue weighted by molar-refractivity contribution is 7.80. The summed E-state index contributed by atoms with van der Waals surface area (Å²) < 4.78 is 16.3. The van der Waals surface area contributed by atoms with Crippen LogP contribution in [0.15, 0.2) is 23.3 Å². The van der Waals surface area contributed by atoms with Gasteiger partial charge in [0, 0.05) is 26.2 Å². The van der Waals surface area contributed by atoms with Gasteiger partial charge in [0.05, 0.1) is 33.1 Å². The minimum atomic E-state index is 0.505. The molecule has 1 heterocycles. The maximum atomic E-state index is 5.70. The Labute approximate surface area is 160 Å². The van der Waals surface area contributed by atoms with Gasteiger partial charge in [0.25, 0.3) is 0 Å². The van der Waals surface area contributed by atoms with Crippen molar-refractivity contribution in [3.63, 3.8) is 0 Å². The van der Waals surface area contributed by atoms with E-state index in [1.807, 2.05) is 18.2 Å². The van der Waals surface area contributed by atoms with Crippen LogP contribution in [-0.2, 0) is 4.74 Å². The number of thiocarbonyl (C=S) groups is 1. The second-order valence-corrected chi connectivity index (χ2v) is 6.25. The molecule has 0 aliphatic carbocycles. The first-order valence-corrected chi connectivity index (χ1v) is 9.31. The molecule has 0 amide bonds. The summed E-state index contributed by atoms with van der Waals surface area (Å²) in [6, 6.07) is 5.68. The van der Waals surface area contributed by atoms with Crippen molar-refractivity contribution in [2.45, 2.75) is 13.3 Å². The van der Waals surface area contributed by atoms with Crippen LogP contribution in [0.1, 0.15) is 18.9 Å². The molecule has 1 aliphatic heterocycles. The molecule has 1 saturated heterocycles. The summed E-state index contributed by atoms with van der Waals surface area (Å²) in [5.41, 5.74) is 3.74. The number of hydrogen-bond donors (Lipinski definition) is 2. The lowest BCUT2D eigenvalue weighted by molar-refractivity contribution is 0.0389. The molecule has 0 spiro atoms. The molecule has 7 nitrogen and oxygen atoms in total. The zero-order valence-electron chi connectivity index (χ0n) is 15.5. The van der Waals surface area contributed by atoms with Gasteiger partial charge in [-0.15, -0.1) is 0 Å². The van der Waals surface area contributed by atoms with E-state index >= 15 is 0 Å². The van der Waals surface area contributed by atoms with E-state index in [-0.39, 0.29) is 0 Å². The maximum Gasteiger partial charge on any atom is 0.187 e. The first-order chi connectivity index (χ1) is 12.7. The number of nitrogens with zero attached hydrogens (tertiary/aromatic N) is 2.